The highest BCUT2D eigenvalue weighted by molar-refractivity contribution is 5.85. The maximum Gasteiger partial charge on any atom is 0.354 e. The van der Waals surface area contributed by atoms with Gasteiger partial charge in [-0.1, -0.05) is 6.07 Å². The summed E-state index contributed by atoms with van der Waals surface area (Å²) in [6.07, 6.45) is 2.00. The van der Waals surface area contributed by atoms with Crippen LogP contribution in [0.15, 0.2) is 18.2 Å². The first-order valence-electron chi connectivity index (χ1n) is 5.82. The van der Waals surface area contributed by atoms with E-state index in [9.17, 15) is 4.79 Å². The van der Waals surface area contributed by atoms with Gasteiger partial charge in [-0.15, -0.1) is 0 Å². The van der Waals surface area contributed by atoms with Crippen LogP contribution in [0.2, 0.25) is 0 Å². The van der Waals surface area contributed by atoms with Gasteiger partial charge in [-0.05, 0) is 25.0 Å². The lowest BCUT2D eigenvalue weighted by molar-refractivity contribution is 0.0690. The first-order chi connectivity index (χ1) is 8.15. The Balaban J connectivity index is 1.98. The molecule has 5 nitrogen and oxygen atoms in total. The first kappa shape index (κ1) is 12.0. The van der Waals surface area contributed by atoms with Crippen molar-refractivity contribution in [3.8, 4) is 0 Å². The van der Waals surface area contributed by atoms with Crippen molar-refractivity contribution in [2.45, 2.75) is 25.4 Å². The number of piperidine rings is 1. The van der Waals surface area contributed by atoms with Gasteiger partial charge >= 0.3 is 5.97 Å². The van der Waals surface area contributed by atoms with E-state index in [0.29, 0.717) is 12.6 Å². The summed E-state index contributed by atoms with van der Waals surface area (Å²) < 4.78 is 0. The molecular formula is C12H17N3O2. The second-order valence-corrected chi connectivity index (χ2v) is 4.43. The summed E-state index contributed by atoms with van der Waals surface area (Å²) in [5.41, 5.74) is 6.75. The molecular weight excluding hydrogens is 218 g/mol. The molecule has 0 spiro atoms. The zero-order chi connectivity index (χ0) is 12.3. The third-order valence-corrected chi connectivity index (χ3v) is 3.04. The SMILES string of the molecule is NC1CCN(Cc2cccc(C(=O)O)n2)CC1. The topological polar surface area (TPSA) is 79.5 Å². The number of hydrogen-bond acceptors (Lipinski definition) is 4. The number of nitrogens with two attached hydrogens (primary N) is 1. The van der Waals surface area contributed by atoms with Crippen molar-refractivity contribution >= 4 is 5.97 Å². The van der Waals surface area contributed by atoms with E-state index >= 15 is 0 Å². The summed E-state index contributed by atoms with van der Waals surface area (Å²) in [5.74, 6) is -0.979. The fourth-order valence-electron chi connectivity index (χ4n) is 2.03. The summed E-state index contributed by atoms with van der Waals surface area (Å²) in [6, 6.07) is 5.42. The standard InChI is InChI=1S/C12H17N3O2/c13-9-4-6-15(7-5-9)8-10-2-1-3-11(14-10)12(16)17/h1-3,9H,4-8,13H2,(H,16,17). The average Bonchev–Trinajstić information content (AvgIpc) is 2.32. The molecule has 2 rings (SSSR count). The van der Waals surface area contributed by atoms with Crippen LogP contribution < -0.4 is 5.73 Å². The molecule has 0 unspecified atom stereocenters. The number of likely N-dealkylation sites (tertiary alicyclic amines) is 1. The van der Waals surface area contributed by atoms with Crippen molar-refractivity contribution in [1.82, 2.24) is 9.88 Å². The lowest BCUT2D eigenvalue weighted by Gasteiger charge is -2.29. The van der Waals surface area contributed by atoms with Crippen LogP contribution in [0.1, 0.15) is 29.0 Å². The van der Waals surface area contributed by atoms with Crippen molar-refractivity contribution in [3.05, 3.63) is 29.6 Å². The van der Waals surface area contributed by atoms with Crippen LogP contribution in [0.5, 0.6) is 0 Å². The Bertz CT molecular complexity index is 400. The van der Waals surface area contributed by atoms with Crippen LogP contribution in [0, 0.1) is 0 Å². The summed E-state index contributed by atoms with van der Waals surface area (Å²) in [5, 5.41) is 8.86. The van der Waals surface area contributed by atoms with Crippen LogP contribution in [0.4, 0.5) is 0 Å². The highest BCUT2D eigenvalue weighted by Gasteiger charge is 2.16. The summed E-state index contributed by atoms with van der Waals surface area (Å²) >= 11 is 0. The van der Waals surface area contributed by atoms with E-state index in [1.165, 1.54) is 6.07 Å². The zero-order valence-electron chi connectivity index (χ0n) is 9.67. The Morgan fingerprint density at radius 3 is 2.82 bits per heavy atom. The maximum absolute atomic E-state index is 10.8. The van der Waals surface area contributed by atoms with Crippen LogP contribution in [0.3, 0.4) is 0 Å². The Labute approximate surface area is 100 Å². The smallest absolute Gasteiger partial charge is 0.354 e. The number of aromatic carboxylic acids is 1. The van der Waals surface area contributed by atoms with Gasteiger partial charge in [-0.2, -0.15) is 0 Å². The molecule has 1 aromatic rings. The van der Waals surface area contributed by atoms with E-state index in [4.69, 9.17) is 10.8 Å². The highest BCUT2D eigenvalue weighted by atomic mass is 16.4. The predicted molar refractivity (Wildman–Crippen MR) is 63.7 cm³/mol. The number of carbonyl (C=O) groups is 1. The van der Waals surface area contributed by atoms with Crippen LogP contribution >= 0.6 is 0 Å². The lowest BCUT2D eigenvalue weighted by atomic mass is 10.1. The molecule has 1 aliphatic rings. The fraction of sp³-hybridized carbons (Fsp3) is 0.500. The Morgan fingerprint density at radius 1 is 1.47 bits per heavy atom. The van der Waals surface area contributed by atoms with E-state index in [1.54, 1.807) is 6.07 Å². The summed E-state index contributed by atoms with van der Waals surface area (Å²) in [7, 11) is 0. The van der Waals surface area contributed by atoms with Gasteiger partial charge in [0.15, 0.2) is 0 Å². The van der Waals surface area contributed by atoms with Gasteiger partial charge in [0.2, 0.25) is 0 Å². The lowest BCUT2D eigenvalue weighted by Crippen LogP contribution is -2.39. The van der Waals surface area contributed by atoms with Crippen molar-refractivity contribution in [3.63, 3.8) is 0 Å². The quantitative estimate of drug-likeness (QED) is 0.806. The molecule has 0 amide bonds. The predicted octanol–water partition coefficient (Wildman–Crippen LogP) is 0.703. The van der Waals surface area contributed by atoms with Gasteiger partial charge in [0.25, 0.3) is 0 Å². The number of pyridine rings is 1. The second-order valence-electron chi connectivity index (χ2n) is 4.43. The molecule has 92 valence electrons. The summed E-state index contributed by atoms with van der Waals surface area (Å²) in [6.45, 7) is 2.62. The van der Waals surface area contributed by atoms with Crippen molar-refractivity contribution in [2.75, 3.05) is 13.1 Å². The van der Waals surface area contributed by atoms with Crippen LogP contribution in [-0.2, 0) is 6.54 Å². The Kier molecular flexibility index (Phi) is 3.71. The molecule has 3 N–H and O–H groups in total. The summed E-state index contributed by atoms with van der Waals surface area (Å²) in [4.78, 5) is 17.2. The Morgan fingerprint density at radius 2 is 2.18 bits per heavy atom. The molecule has 2 heterocycles. The molecule has 1 aromatic heterocycles. The molecule has 1 fully saturated rings. The molecule has 1 aliphatic heterocycles. The van der Waals surface area contributed by atoms with Gasteiger partial charge in [-0.3, -0.25) is 4.90 Å². The monoisotopic (exact) mass is 235 g/mol. The van der Waals surface area contributed by atoms with E-state index in [-0.39, 0.29) is 5.69 Å². The number of carboxylic acid groups (broad SMARTS) is 1. The molecule has 0 radical (unpaired) electrons. The van der Waals surface area contributed by atoms with Gasteiger partial charge < -0.3 is 10.8 Å². The average molecular weight is 235 g/mol. The van der Waals surface area contributed by atoms with E-state index in [0.717, 1.165) is 31.6 Å². The molecule has 5 heteroatoms. The molecule has 0 aliphatic carbocycles. The van der Waals surface area contributed by atoms with Gasteiger partial charge in [0, 0.05) is 25.7 Å². The third-order valence-electron chi connectivity index (χ3n) is 3.04. The minimum absolute atomic E-state index is 0.108. The van der Waals surface area contributed by atoms with Gasteiger partial charge in [0.05, 0.1) is 5.69 Å². The highest BCUT2D eigenvalue weighted by Crippen LogP contribution is 2.11. The zero-order valence-corrected chi connectivity index (χ0v) is 9.67. The maximum atomic E-state index is 10.8. The normalized spacial score (nSPS) is 18.2. The number of hydrogen-bond donors (Lipinski definition) is 2. The fourth-order valence-corrected chi connectivity index (χ4v) is 2.03. The van der Waals surface area contributed by atoms with Crippen molar-refractivity contribution in [1.29, 1.82) is 0 Å². The second kappa shape index (κ2) is 5.25. The minimum Gasteiger partial charge on any atom is -0.477 e. The van der Waals surface area contributed by atoms with Gasteiger partial charge in [0.1, 0.15) is 5.69 Å². The van der Waals surface area contributed by atoms with Crippen LogP contribution in [-0.4, -0.2) is 40.1 Å². The molecule has 0 bridgehead atoms. The number of aromatic nitrogens is 1. The van der Waals surface area contributed by atoms with Crippen LogP contribution in [0.25, 0.3) is 0 Å². The third kappa shape index (κ3) is 3.25. The van der Waals surface area contributed by atoms with E-state index in [1.807, 2.05) is 6.07 Å². The molecule has 1 saturated heterocycles. The molecule has 0 saturated carbocycles. The van der Waals surface area contributed by atoms with Crippen molar-refractivity contribution < 1.29 is 9.90 Å². The minimum atomic E-state index is -0.979. The van der Waals surface area contributed by atoms with E-state index < -0.39 is 5.97 Å². The molecule has 17 heavy (non-hydrogen) atoms. The van der Waals surface area contributed by atoms with Crippen molar-refractivity contribution in [2.24, 2.45) is 5.73 Å². The number of carboxylic acids is 1. The number of nitrogens with zero attached hydrogens (tertiary/aromatic N) is 2. The first-order valence-corrected chi connectivity index (χ1v) is 5.82. The van der Waals surface area contributed by atoms with Gasteiger partial charge in [-0.25, -0.2) is 9.78 Å². The molecule has 0 aromatic carbocycles. The Hall–Kier alpha value is -1.46. The largest absolute Gasteiger partial charge is 0.477 e. The molecule has 0 atom stereocenters. The van der Waals surface area contributed by atoms with E-state index in [2.05, 4.69) is 9.88 Å². The number of rotatable bonds is 3.